The van der Waals surface area contributed by atoms with Crippen LogP contribution in [0.2, 0.25) is 0 Å². The molecule has 0 bridgehead atoms. The Hall–Kier alpha value is -1.84. The molecule has 0 saturated carbocycles. The van der Waals surface area contributed by atoms with Gasteiger partial charge in [-0.2, -0.15) is 5.10 Å². The van der Waals surface area contributed by atoms with Crippen molar-refractivity contribution in [1.82, 2.24) is 15.2 Å². The van der Waals surface area contributed by atoms with Crippen molar-refractivity contribution in [2.45, 2.75) is 13.8 Å². The van der Waals surface area contributed by atoms with E-state index in [4.69, 9.17) is 5.73 Å². The van der Waals surface area contributed by atoms with Gasteiger partial charge in [0.1, 0.15) is 6.33 Å². The van der Waals surface area contributed by atoms with E-state index in [0.29, 0.717) is 5.82 Å². The summed E-state index contributed by atoms with van der Waals surface area (Å²) in [5.41, 5.74) is 9.86. The van der Waals surface area contributed by atoms with E-state index in [-0.39, 0.29) is 0 Å². The van der Waals surface area contributed by atoms with Gasteiger partial charge < -0.3 is 5.73 Å². The fourth-order valence-electron chi connectivity index (χ4n) is 1.51. The standard InChI is InChI=1S/C10H12N4/c1-6-3-7(2)9(11)8(4-6)10-12-5-13-14-10/h3-5H,11H2,1-2H3,(H,12,13,14). The number of aromatic nitrogens is 3. The third-order valence-corrected chi connectivity index (χ3v) is 2.20. The van der Waals surface area contributed by atoms with Crippen molar-refractivity contribution >= 4 is 5.69 Å². The van der Waals surface area contributed by atoms with E-state index >= 15 is 0 Å². The molecule has 0 atom stereocenters. The first-order valence-corrected chi connectivity index (χ1v) is 4.41. The predicted molar refractivity (Wildman–Crippen MR) is 55.7 cm³/mol. The highest BCUT2D eigenvalue weighted by Crippen LogP contribution is 2.26. The number of H-pyrrole nitrogens is 1. The average Bonchev–Trinajstić information content (AvgIpc) is 2.63. The van der Waals surface area contributed by atoms with Gasteiger partial charge in [0.25, 0.3) is 0 Å². The van der Waals surface area contributed by atoms with E-state index in [0.717, 1.165) is 16.8 Å². The molecular weight excluding hydrogens is 176 g/mol. The van der Waals surface area contributed by atoms with Gasteiger partial charge in [0, 0.05) is 11.3 Å². The molecule has 72 valence electrons. The molecule has 0 unspecified atom stereocenters. The van der Waals surface area contributed by atoms with E-state index in [1.54, 1.807) is 0 Å². The zero-order valence-corrected chi connectivity index (χ0v) is 8.20. The van der Waals surface area contributed by atoms with Crippen molar-refractivity contribution in [3.05, 3.63) is 29.6 Å². The lowest BCUT2D eigenvalue weighted by Crippen LogP contribution is -1.96. The number of aryl methyl sites for hydroxylation is 2. The molecule has 0 aliphatic heterocycles. The minimum absolute atomic E-state index is 0.717. The zero-order valence-electron chi connectivity index (χ0n) is 8.20. The number of hydrogen-bond acceptors (Lipinski definition) is 3. The summed E-state index contributed by atoms with van der Waals surface area (Å²) >= 11 is 0. The summed E-state index contributed by atoms with van der Waals surface area (Å²) in [5, 5.41) is 6.61. The first-order valence-electron chi connectivity index (χ1n) is 4.41. The molecule has 0 spiro atoms. The summed E-state index contributed by atoms with van der Waals surface area (Å²) in [6, 6.07) is 4.05. The van der Waals surface area contributed by atoms with Crippen LogP contribution in [-0.4, -0.2) is 15.2 Å². The maximum Gasteiger partial charge on any atom is 0.157 e. The molecule has 0 aliphatic rings. The maximum absolute atomic E-state index is 5.95. The lowest BCUT2D eigenvalue weighted by molar-refractivity contribution is 1.09. The highest BCUT2D eigenvalue weighted by atomic mass is 15.2. The quantitative estimate of drug-likeness (QED) is 0.669. The lowest BCUT2D eigenvalue weighted by atomic mass is 10.0. The molecule has 3 N–H and O–H groups in total. The molecule has 0 aliphatic carbocycles. The Bertz CT molecular complexity index is 445. The topological polar surface area (TPSA) is 67.6 Å². The fraction of sp³-hybridized carbons (Fsp3) is 0.200. The Kier molecular flexibility index (Phi) is 1.96. The Morgan fingerprint density at radius 1 is 1.29 bits per heavy atom. The fourth-order valence-corrected chi connectivity index (χ4v) is 1.51. The van der Waals surface area contributed by atoms with Gasteiger partial charge in [-0.1, -0.05) is 6.07 Å². The van der Waals surface area contributed by atoms with Crippen LogP contribution in [0, 0.1) is 13.8 Å². The van der Waals surface area contributed by atoms with Crippen molar-refractivity contribution < 1.29 is 0 Å². The number of aromatic amines is 1. The van der Waals surface area contributed by atoms with Crippen LogP contribution in [0.1, 0.15) is 11.1 Å². The van der Waals surface area contributed by atoms with Crippen LogP contribution in [0.5, 0.6) is 0 Å². The van der Waals surface area contributed by atoms with Gasteiger partial charge in [-0.25, -0.2) is 4.98 Å². The number of nitrogens with two attached hydrogens (primary N) is 1. The summed E-state index contributed by atoms with van der Waals surface area (Å²) in [5.74, 6) is 0.717. The van der Waals surface area contributed by atoms with Gasteiger partial charge in [-0.15, -0.1) is 0 Å². The van der Waals surface area contributed by atoms with Crippen molar-refractivity contribution in [3.8, 4) is 11.4 Å². The summed E-state index contributed by atoms with van der Waals surface area (Å²) < 4.78 is 0. The second kappa shape index (κ2) is 3.14. The number of nitrogens with one attached hydrogen (secondary N) is 1. The normalized spacial score (nSPS) is 10.4. The summed E-state index contributed by atoms with van der Waals surface area (Å²) in [6.45, 7) is 4.02. The van der Waals surface area contributed by atoms with Gasteiger partial charge >= 0.3 is 0 Å². The monoisotopic (exact) mass is 188 g/mol. The van der Waals surface area contributed by atoms with Crippen LogP contribution in [0.4, 0.5) is 5.69 Å². The van der Waals surface area contributed by atoms with Gasteiger partial charge in [-0.05, 0) is 31.0 Å². The first kappa shape index (κ1) is 8.74. The Balaban J connectivity index is 2.64. The van der Waals surface area contributed by atoms with Crippen molar-refractivity contribution in [2.24, 2.45) is 0 Å². The molecular formula is C10H12N4. The number of rotatable bonds is 1. The Morgan fingerprint density at radius 3 is 2.71 bits per heavy atom. The predicted octanol–water partition coefficient (Wildman–Crippen LogP) is 1.67. The minimum atomic E-state index is 0.717. The SMILES string of the molecule is Cc1cc(C)c(N)c(-c2ncn[nH]2)c1. The molecule has 0 amide bonds. The molecule has 4 heteroatoms. The number of nitrogen functional groups attached to an aromatic ring is 1. The third-order valence-electron chi connectivity index (χ3n) is 2.20. The Morgan fingerprint density at radius 2 is 2.07 bits per heavy atom. The Labute approximate surface area is 82.2 Å². The van der Waals surface area contributed by atoms with Crippen LogP contribution in [0.3, 0.4) is 0 Å². The summed E-state index contributed by atoms with van der Waals surface area (Å²) in [6.07, 6.45) is 1.48. The van der Waals surface area contributed by atoms with E-state index in [1.165, 1.54) is 11.9 Å². The first-order chi connectivity index (χ1) is 6.68. The molecule has 1 aromatic carbocycles. The van der Waals surface area contributed by atoms with Gasteiger partial charge in [0.15, 0.2) is 5.82 Å². The summed E-state index contributed by atoms with van der Waals surface area (Å²) in [7, 11) is 0. The lowest BCUT2D eigenvalue weighted by Gasteiger charge is -2.07. The van der Waals surface area contributed by atoms with Crippen LogP contribution in [-0.2, 0) is 0 Å². The molecule has 1 aromatic heterocycles. The number of hydrogen-bond donors (Lipinski definition) is 2. The second-order valence-electron chi connectivity index (χ2n) is 3.38. The smallest absolute Gasteiger partial charge is 0.157 e. The van der Waals surface area contributed by atoms with E-state index < -0.39 is 0 Å². The van der Waals surface area contributed by atoms with Crippen LogP contribution >= 0.6 is 0 Å². The van der Waals surface area contributed by atoms with Gasteiger partial charge in [-0.3, -0.25) is 5.10 Å². The highest BCUT2D eigenvalue weighted by molar-refractivity contribution is 5.74. The van der Waals surface area contributed by atoms with Crippen molar-refractivity contribution in [3.63, 3.8) is 0 Å². The minimum Gasteiger partial charge on any atom is -0.398 e. The third kappa shape index (κ3) is 1.35. The number of nitrogens with zero attached hydrogens (tertiary/aromatic N) is 2. The molecule has 0 radical (unpaired) electrons. The zero-order chi connectivity index (χ0) is 10.1. The maximum atomic E-state index is 5.95. The molecule has 0 saturated heterocycles. The molecule has 0 fully saturated rings. The number of benzene rings is 1. The molecule has 1 heterocycles. The van der Waals surface area contributed by atoms with Crippen LogP contribution in [0.25, 0.3) is 11.4 Å². The molecule has 4 nitrogen and oxygen atoms in total. The largest absolute Gasteiger partial charge is 0.398 e. The van der Waals surface area contributed by atoms with Crippen molar-refractivity contribution in [2.75, 3.05) is 5.73 Å². The highest BCUT2D eigenvalue weighted by Gasteiger charge is 2.07. The van der Waals surface area contributed by atoms with Gasteiger partial charge in [0.2, 0.25) is 0 Å². The summed E-state index contributed by atoms with van der Waals surface area (Å²) in [4.78, 5) is 4.08. The van der Waals surface area contributed by atoms with E-state index in [9.17, 15) is 0 Å². The van der Waals surface area contributed by atoms with E-state index in [2.05, 4.69) is 21.2 Å². The van der Waals surface area contributed by atoms with Crippen LogP contribution in [0.15, 0.2) is 18.5 Å². The molecule has 2 rings (SSSR count). The molecule has 2 aromatic rings. The van der Waals surface area contributed by atoms with E-state index in [1.807, 2.05) is 19.9 Å². The van der Waals surface area contributed by atoms with Crippen LogP contribution < -0.4 is 5.73 Å². The second-order valence-corrected chi connectivity index (χ2v) is 3.38. The van der Waals surface area contributed by atoms with Crippen molar-refractivity contribution in [1.29, 1.82) is 0 Å². The number of anilines is 1. The van der Waals surface area contributed by atoms with Gasteiger partial charge in [0.05, 0.1) is 0 Å². The molecule has 14 heavy (non-hydrogen) atoms. The average molecular weight is 188 g/mol.